The van der Waals surface area contributed by atoms with Crippen molar-refractivity contribution in [3.63, 3.8) is 0 Å². The number of hydrogen-bond donors (Lipinski definition) is 1. The molecule has 0 aliphatic rings. The Kier molecular flexibility index (Phi) is 6.13. The van der Waals surface area contributed by atoms with Gasteiger partial charge in [0.1, 0.15) is 10.6 Å². The molecule has 2 aromatic carbocycles. The van der Waals surface area contributed by atoms with Crippen LogP contribution in [0.5, 0.6) is 0 Å². The number of aromatic nitrogens is 2. The van der Waals surface area contributed by atoms with E-state index in [1.165, 1.54) is 22.2 Å². The second-order valence-electron chi connectivity index (χ2n) is 7.65. The molecule has 4 aromatic rings. The fourth-order valence-corrected chi connectivity index (χ4v) is 4.89. The Morgan fingerprint density at radius 2 is 1.91 bits per heavy atom. The number of anilines is 1. The number of benzene rings is 2. The number of nitrogens with zero attached hydrogens (tertiary/aromatic N) is 2. The Hall–Kier alpha value is -3.37. The molecule has 0 fully saturated rings. The van der Waals surface area contributed by atoms with E-state index in [9.17, 15) is 22.4 Å². The number of amides is 1. The van der Waals surface area contributed by atoms with E-state index in [0.717, 1.165) is 41.1 Å². The van der Waals surface area contributed by atoms with Crippen molar-refractivity contribution in [3.05, 3.63) is 75.9 Å². The van der Waals surface area contributed by atoms with Crippen molar-refractivity contribution in [2.45, 2.75) is 24.8 Å². The monoisotopic (exact) mass is 485 g/mol. The first-order valence-corrected chi connectivity index (χ1v) is 12.7. The Morgan fingerprint density at radius 3 is 2.61 bits per heavy atom. The summed E-state index contributed by atoms with van der Waals surface area (Å²) in [7, 11) is -3.55. The zero-order valence-electron chi connectivity index (χ0n) is 17.8. The van der Waals surface area contributed by atoms with E-state index >= 15 is 0 Å². The van der Waals surface area contributed by atoms with Gasteiger partial charge in [-0.25, -0.2) is 17.8 Å². The molecule has 0 saturated heterocycles. The van der Waals surface area contributed by atoms with Crippen LogP contribution in [-0.2, 0) is 21.2 Å². The summed E-state index contributed by atoms with van der Waals surface area (Å²) in [6.45, 7) is 2.02. The first-order valence-electron chi connectivity index (χ1n) is 9.96. The molecule has 0 aliphatic carbocycles. The molecule has 0 bridgehead atoms. The highest BCUT2D eigenvalue weighted by atomic mass is 32.2. The molecule has 2 aromatic heterocycles. The predicted octanol–water partition coefficient (Wildman–Crippen LogP) is 4.00. The van der Waals surface area contributed by atoms with Gasteiger partial charge < -0.3 is 5.32 Å². The summed E-state index contributed by atoms with van der Waals surface area (Å²) in [5.74, 6) is -1.31. The van der Waals surface area contributed by atoms with Gasteiger partial charge in [-0.3, -0.25) is 14.2 Å². The van der Waals surface area contributed by atoms with Crippen molar-refractivity contribution >= 4 is 43.0 Å². The number of carbonyl (C=O) groups excluding carboxylic acids is 1. The maximum atomic E-state index is 14.0. The van der Waals surface area contributed by atoms with E-state index in [1.54, 1.807) is 0 Å². The van der Waals surface area contributed by atoms with E-state index in [4.69, 9.17) is 0 Å². The number of aryl methyl sites for hydroxylation is 2. The summed E-state index contributed by atoms with van der Waals surface area (Å²) >= 11 is 1.37. The lowest BCUT2D eigenvalue weighted by atomic mass is 10.1. The highest BCUT2D eigenvalue weighted by molar-refractivity contribution is 7.90. The van der Waals surface area contributed by atoms with Gasteiger partial charge in [0, 0.05) is 30.2 Å². The third-order valence-corrected chi connectivity index (χ3v) is 7.14. The third-order valence-electron chi connectivity index (χ3n) is 5.14. The van der Waals surface area contributed by atoms with Crippen LogP contribution < -0.4 is 10.9 Å². The largest absolute Gasteiger partial charge is 0.324 e. The lowest BCUT2D eigenvalue weighted by molar-refractivity contribution is -0.116. The van der Waals surface area contributed by atoms with Gasteiger partial charge in [0.2, 0.25) is 5.91 Å². The van der Waals surface area contributed by atoms with E-state index in [-0.39, 0.29) is 29.1 Å². The first-order chi connectivity index (χ1) is 15.6. The minimum absolute atomic E-state index is 0.0319. The molecule has 2 heterocycles. The van der Waals surface area contributed by atoms with Gasteiger partial charge in [-0.2, -0.15) is 0 Å². The molecule has 7 nitrogen and oxygen atoms in total. The summed E-state index contributed by atoms with van der Waals surface area (Å²) < 4.78 is 38.7. The molecule has 4 rings (SSSR count). The fraction of sp³-hybridized carbons (Fsp3) is 0.174. The molecule has 0 radical (unpaired) electrons. The van der Waals surface area contributed by atoms with Gasteiger partial charge >= 0.3 is 0 Å². The predicted molar refractivity (Wildman–Crippen MR) is 127 cm³/mol. The number of sulfone groups is 1. The van der Waals surface area contributed by atoms with E-state index in [0.29, 0.717) is 10.2 Å². The van der Waals surface area contributed by atoms with Gasteiger partial charge in [0.05, 0.1) is 22.3 Å². The van der Waals surface area contributed by atoms with Crippen molar-refractivity contribution in [1.82, 2.24) is 9.55 Å². The van der Waals surface area contributed by atoms with Crippen molar-refractivity contribution in [1.29, 1.82) is 0 Å². The van der Waals surface area contributed by atoms with Crippen LogP contribution in [-0.4, -0.2) is 30.1 Å². The number of hydrogen-bond acceptors (Lipinski definition) is 6. The van der Waals surface area contributed by atoms with Crippen LogP contribution in [0, 0.1) is 12.7 Å². The number of rotatable bonds is 6. The van der Waals surface area contributed by atoms with E-state index in [2.05, 4.69) is 10.3 Å². The lowest BCUT2D eigenvalue weighted by Gasteiger charge is -2.09. The molecule has 0 spiro atoms. The molecule has 0 aliphatic heterocycles. The highest BCUT2D eigenvalue weighted by Gasteiger charge is 2.16. The van der Waals surface area contributed by atoms with Crippen LogP contribution in [0.25, 0.3) is 21.3 Å². The van der Waals surface area contributed by atoms with Gasteiger partial charge in [-0.1, -0.05) is 29.8 Å². The van der Waals surface area contributed by atoms with Gasteiger partial charge in [0.15, 0.2) is 9.84 Å². The van der Waals surface area contributed by atoms with Crippen molar-refractivity contribution < 1.29 is 17.6 Å². The molecule has 33 heavy (non-hydrogen) atoms. The summed E-state index contributed by atoms with van der Waals surface area (Å²) in [6, 6.07) is 11.0. The van der Waals surface area contributed by atoms with Crippen LogP contribution in [0.1, 0.15) is 12.0 Å². The molecule has 1 amide bonds. The average Bonchev–Trinajstić information content (AvgIpc) is 3.19. The smallest absolute Gasteiger partial charge is 0.262 e. The number of carbonyl (C=O) groups is 1. The number of fused-ring (bicyclic) bond motifs is 1. The third kappa shape index (κ3) is 4.86. The minimum Gasteiger partial charge on any atom is -0.324 e. The molecule has 1 N–H and O–H groups in total. The van der Waals surface area contributed by atoms with Crippen molar-refractivity contribution in [3.8, 4) is 11.1 Å². The Bertz CT molecular complexity index is 1520. The lowest BCUT2D eigenvalue weighted by Crippen LogP contribution is -2.23. The van der Waals surface area contributed by atoms with Gasteiger partial charge in [-0.05, 0) is 30.7 Å². The zero-order valence-corrected chi connectivity index (χ0v) is 19.5. The zero-order chi connectivity index (χ0) is 23.8. The minimum atomic E-state index is -3.55. The quantitative estimate of drug-likeness (QED) is 0.416. The van der Waals surface area contributed by atoms with Crippen LogP contribution in [0.3, 0.4) is 0 Å². The number of halogens is 1. The van der Waals surface area contributed by atoms with E-state index in [1.807, 2.05) is 36.6 Å². The maximum absolute atomic E-state index is 14.0. The van der Waals surface area contributed by atoms with Crippen LogP contribution in [0.2, 0.25) is 0 Å². The van der Waals surface area contributed by atoms with Crippen LogP contribution in [0.4, 0.5) is 10.1 Å². The molecule has 0 atom stereocenters. The van der Waals surface area contributed by atoms with Crippen molar-refractivity contribution in [2.24, 2.45) is 0 Å². The molecular formula is C23H20FN3O4S2. The fourth-order valence-electron chi connectivity index (χ4n) is 3.34. The Balaban J connectivity index is 1.55. The van der Waals surface area contributed by atoms with Gasteiger partial charge in [-0.15, -0.1) is 11.3 Å². The second kappa shape index (κ2) is 8.87. The molecule has 10 heteroatoms. The standard InChI is InChI=1S/C23H20FN3O4S2/c1-14-3-5-15(6-4-14)17-12-32-22-21(17)23(29)27(13-25-22)10-9-20(28)26-19-11-16(33(2,30)31)7-8-18(19)24/h3-8,11-13H,9-10H2,1-2H3,(H,26,28). The first kappa shape index (κ1) is 22.8. The summed E-state index contributed by atoms with van der Waals surface area (Å²) in [6.07, 6.45) is 2.26. The maximum Gasteiger partial charge on any atom is 0.262 e. The van der Waals surface area contributed by atoms with Gasteiger partial charge in [0.25, 0.3) is 5.56 Å². The highest BCUT2D eigenvalue weighted by Crippen LogP contribution is 2.30. The van der Waals surface area contributed by atoms with Crippen LogP contribution >= 0.6 is 11.3 Å². The summed E-state index contributed by atoms with van der Waals surface area (Å²) in [5.41, 5.74) is 2.30. The molecule has 0 unspecified atom stereocenters. The second-order valence-corrected chi connectivity index (χ2v) is 10.5. The average molecular weight is 486 g/mol. The van der Waals surface area contributed by atoms with Crippen molar-refractivity contribution in [2.75, 3.05) is 11.6 Å². The van der Waals surface area contributed by atoms with Crippen LogP contribution in [0.15, 0.2) is 63.9 Å². The topological polar surface area (TPSA) is 98.1 Å². The molecule has 170 valence electrons. The molecule has 0 saturated carbocycles. The summed E-state index contributed by atoms with van der Waals surface area (Å²) in [4.78, 5) is 30.3. The Labute approximate surface area is 193 Å². The number of nitrogens with one attached hydrogen (secondary N) is 1. The van der Waals surface area contributed by atoms with E-state index < -0.39 is 21.6 Å². The Morgan fingerprint density at radius 1 is 1.18 bits per heavy atom. The number of thiophene rings is 1. The molecular weight excluding hydrogens is 465 g/mol. The normalized spacial score (nSPS) is 11.6. The summed E-state index contributed by atoms with van der Waals surface area (Å²) in [5, 5.41) is 4.75. The SMILES string of the molecule is Cc1ccc(-c2csc3ncn(CCC(=O)Nc4cc(S(C)(=O)=O)ccc4F)c(=O)c23)cc1.